The lowest BCUT2D eigenvalue weighted by molar-refractivity contribution is 0.629. The molecule has 0 saturated carbocycles. The monoisotopic (exact) mass is 190 g/mol. The van der Waals surface area contributed by atoms with Crippen molar-refractivity contribution < 1.29 is 4.39 Å². The number of nitrogens with zero attached hydrogens (tertiary/aromatic N) is 1. The van der Waals surface area contributed by atoms with Crippen LogP contribution in [0, 0.1) is 19.7 Å². The molecule has 0 fully saturated rings. The van der Waals surface area contributed by atoms with E-state index in [1.165, 1.54) is 0 Å². The number of hydrogen-bond donors (Lipinski definition) is 1. The van der Waals surface area contributed by atoms with Crippen LogP contribution in [0.2, 0.25) is 0 Å². The number of aryl methyl sites for hydroxylation is 2. The van der Waals surface area contributed by atoms with E-state index in [9.17, 15) is 4.39 Å². The quantitative estimate of drug-likeness (QED) is 0.736. The Labute approximate surface area is 81.8 Å². The number of benzene rings is 1. The molecule has 0 atom stereocenters. The first kappa shape index (κ1) is 8.94. The number of hydrogen-bond acceptors (Lipinski definition) is 1. The number of aromatic nitrogens is 2. The predicted molar refractivity (Wildman–Crippen MR) is 53.5 cm³/mol. The van der Waals surface area contributed by atoms with E-state index < -0.39 is 0 Å². The minimum Gasteiger partial charge on any atom is -0.285 e. The molecule has 0 aliphatic rings. The molecule has 3 heteroatoms. The van der Waals surface area contributed by atoms with Crippen molar-refractivity contribution in [2.45, 2.75) is 13.8 Å². The Morgan fingerprint density at radius 2 is 1.93 bits per heavy atom. The molecule has 0 unspecified atom stereocenters. The van der Waals surface area contributed by atoms with Gasteiger partial charge in [0.25, 0.3) is 0 Å². The van der Waals surface area contributed by atoms with Gasteiger partial charge in [-0.3, -0.25) is 5.10 Å². The summed E-state index contributed by atoms with van der Waals surface area (Å²) in [5, 5.41) is 6.47. The van der Waals surface area contributed by atoms with Gasteiger partial charge < -0.3 is 0 Å². The molecular weight excluding hydrogens is 179 g/mol. The summed E-state index contributed by atoms with van der Waals surface area (Å²) in [6, 6.07) is 3.40. The van der Waals surface area contributed by atoms with Crippen molar-refractivity contribution in [3.63, 3.8) is 0 Å². The first-order valence-electron chi connectivity index (χ1n) is 4.44. The summed E-state index contributed by atoms with van der Waals surface area (Å²) in [4.78, 5) is 0. The second-order valence-corrected chi connectivity index (χ2v) is 3.40. The van der Waals surface area contributed by atoms with Crippen molar-refractivity contribution in [2.75, 3.05) is 0 Å². The second kappa shape index (κ2) is 3.25. The summed E-state index contributed by atoms with van der Waals surface area (Å²) in [6.45, 7) is 3.87. The van der Waals surface area contributed by atoms with Gasteiger partial charge >= 0.3 is 0 Å². The molecule has 14 heavy (non-hydrogen) atoms. The molecule has 0 aliphatic heterocycles. The van der Waals surface area contributed by atoms with Crippen molar-refractivity contribution >= 4 is 0 Å². The van der Waals surface area contributed by atoms with Crippen molar-refractivity contribution in [2.24, 2.45) is 0 Å². The maximum absolute atomic E-state index is 13.6. The van der Waals surface area contributed by atoms with Crippen LogP contribution < -0.4 is 0 Å². The number of aromatic amines is 1. The number of halogens is 1. The largest absolute Gasteiger partial charge is 0.285 e. The van der Waals surface area contributed by atoms with Gasteiger partial charge in [0, 0.05) is 17.3 Å². The Morgan fingerprint density at radius 1 is 1.21 bits per heavy atom. The van der Waals surface area contributed by atoms with Gasteiger partial charge in [0.2, 0.25) is 0 Å². The average Bonchev–Trinajstić information content (AvgIpc) is 2.64. The van der Waals surface area contributed by atoms with E-state index in [0.717, 1.165) is 16.7 Å². The molecule has 2 aromatic rings. The van der Waals surface area contributed by atoms with Crippen LogP contribution in [0.15, 0.2) is 24.5 Å². The van der Waals surface area contributed by atoms with Crippen molar-refractivity contribution in [1.82, 2.24) is 10.2 Å². The van der Waals surface area contributed by atoms with Crippen LogP contribution >= 0.6 is 0 Å². The van der Waals surface area contributed by atoms with Crippen LogP contribution in [0.5, 0.6) is 0 Å². The first-order chi connectivity index (χ1) is 6.68. The highest BCUT2D eigenvalue weighted by molar-refractivity contribution is 5.63. The molecular formula is C11H11FN2. The molecule has 1 heterocycles. The fourth-order valence-corrected chi connectivity index (χ4v) is 1.40. The van der Waals surface area contributed by atoms with Crippen molar-refractivity contribution in [1.29, 1.82) is 0 Å². The lowest BCUT2D eigenvalue weighted by atomic mass is 10.0. The lowest BCUT2D eigenvalue weighted by Crippen LogP contribution is -1.88. The van der Waals surface area contributed by atoms with Crippen LogP contribution in [-0.2, 0) is 0 Å². The Morgan fingerprint density at radius 3 is 2.57 bits per heavy atom. The Balaban J connectivity index is 2.60. The third kappa shape index (κ3) is 1.41. The van der Waals surface area contributed by atoms with Crippen LogP contribution in [0.1, 0.15) is 11.1 Å². The van der Waals surface area contributed by atoms with E-state index in [4.69, 9.17) is 0 Å². The topological polar surface area (TPSA) is 28.7 Å². The molecule has 1 N–H and O–H groups in total. The third-order valence-corrected chi connectivity index (χ3v) is 2.39. The summed E-state index contributed by atoms with van der Waals surface area (Å²) < 4.78 is 13.6. The van der Waals surface area contributed by atoms with E-state index in [0.29, 0.717) is 5.56 Å². The SMILES string of the molecule is Cc1cc(F)c(-c2cn[nH]c2)cc1C. The van der Waals surface area contributed by atoms with Gasteiger partial charge in [0.1, 0.15) is 5.82 Å². The van der Waals surface area contributed by atoms with Crippen molar-refractivity contribution in [3.05, 3.63) is 41.5 Å². The number of H-pyrrole nitrogens is 1. The zero-order valence-corrected chi connectivity index (χ0v) is 8.13. The minimum absolute atomic E-state index is 0.200. The van der Waals surface area contributed by atoms with Crippen molar-refractivity contribution in [3.8, 4) is 11.1 Å². The van der Waals surface area contributed by atoms with Gasteiger partial charge in [-0.05, 0) is 37.1 Å². The molecule has 2 nitrogen and oxygen atoms in total. The Bertz CT molecular complexity index is 447. The molecule has 2 rings (SSSR count). The van der Waals surface area contributed by atoms with E-state index in [-0.39, 0.29) is 5.82 Å². The van der Waals surface area contributed by atoms with Crippen LogP contribution in [0.25, 0.3) is 11.1 Å². The Hall–Kier alpha value is -1.64. The van der Waals surface area contributed by atoms with Crippen LogP contribution in [0.3, 0.4) is 0 Å². The summed E-state index contributed by atoms with van der Waals surface area (Å²) in [7, 11) is 0. The molecule has 0 amide bonds. The van der Waals surface area contributed by atoms with E-state index in [1.807, 2.05) is 19.9 Å². The fraction of sp³-hybridized carbons (Fsp3) is 0.182. The predicted octanol–water partition coefficient (Wildman–Crippen LogP) is 2.83. The third-order valence-electron chi connectivity index (χ3n) is 2.39. The lowest BCUT2D eigenvalue weighted by Gasteiger charge is -2.04. The van der Waals surface area contributed by atoms with Crippen LogP contribution in [-0.4, -0.2) is 10.2 Å². The molecule has 72 valence electrons. The smallest absolute Gasteiger partial charge is 0.131 e. The molecule has 0 spiro atoms. The number of nitrogens with one attached hydrogen (secondary N) is 1. The van der Waals surface area contributed by atoms with Gasteiger partial charge in [0.05, 0.1) is 6.20 Å². The zero-order chi connectivity index (χ0) is 10.1. The maximum Gasteiger partial charge on any atom is 0.131 e. The highest BCUT2D eigenvalue weighted by Gasteiger charge is 2.07. The molecule has 0 bridgehead atoms. The standard InChI is InChI=1S/C11H11FN2/c1-7-3-10(9-5-13-14-6-9)11(12)4-8(7)2/h3-6H,1-2H3,(H,13,14). The van der Waals surface area contributed by atoms with Gasteiger partial charge in [-0.2, -0.15) is 5.10 Å². The molecule has 0 aliphatic carbocycles. The molecule has 0 radical (unpaired) electrons. The van der Waals surface area contributed by atoms with E-state index >= 15 is 0 Å². The Kier molecular flexibility index (Phi) is 2.08. The van der Waals surface area contributed by atoms with Gasteiger partial charge in [-0.1, -0.05) is 0 Å². The van der Waals surface area contributed by atoms with Gasteiger partial charge in [0.15, 0.2) is 0 Å². The second-order valence-electron chi connectivity index (χ2n) is 3.40. The summed E-state index contributed by atoms with van der Waals surface area (Å²) in [5.41, 5.74) is 3.43. The average molecular weight is 190 g/mol. The maximum atomic E-state index is 13.6. The van der Waals surface area contributed by atoms with Gasteiger partial charge in [-0.15, -0.1) is 0 Å². The summed E-state index contributed by atoms with van der Waals surface area (Å²) in [6.07, 6.45) is 3.31. The molecule has 1 aromatic carbocycles. The summed E-state index contributed by atoms with van der Waals surface area (Å²) in [5.74, 6) is -0.200. The van der Waals surface area contributed by atoms with E-state index in [2.05, 4.69) is 10.2 Å². The highest BCUT2D eigenvalue weighted by atomic mass is 19.1. The fourth-order valence-electron chi connectivity index (χ4n) is 1.40. The van der Waals surface area contributed by atoms with Gasteiger partial charge in [-0.25, -0.2) is 4.39 Å². The first-order valence-corrected chi connectivity index (χ1v) is 4.44. The number of rotatable bonds is 1. The van der Waals surface area contributed by atoms with E-state index in [1.54, 1.807) is 18.5 Å². The minimum atomic E-state index is -0.200. The normalized spacial score (nSPS) is 10.5. The van der Waals surface area contributed by atoms with Crippen LogP contribution in [0.4, 0.5) is 4.39 Å². The summed E-state index contributed by atoms with van der Waals surface area (Å²) >= 11 is 0. The highest BCUT2D eigenvalue weighted by Crippen LogP contribution is 2.24. The molecule has 1 aromatic heterocycles. The molecule has 0 saturated heterocycles. The zero-order valence-electron chi connectivity index (χ0n) is 8.13.